The number of carbonyl (C=O) groups is 1. The van der Waals surface area contributed by atoms with Gasteiger partial charge in [0.25, 0.3) is 0 Å². The van der Waals surface area contributed by atoms with Crippen molar-refractivity contribution < 1.29 is 19.4 Å². The molecule has 0 unspecified atom stereocenters. The minimum Gasteiger partial charge on any atom is -0.490 e. The number of aromatic nitrogens is 2. The zero-order valence-electron chi connectivity index (χ0n) is 21.5. The van der Waals surface area contributed by atoms with E-state index in [0.29, 0.717) is 29.3 Å². The van der Waals surface area contributed by atoms with Crippen molar-refractivity contribution in [1.82, 2.24) is 9.97 Å². The Hall–Kier alpha value is -2.73. The third-order valence-corrected chi connectivity index (χ3v) is 5.81. The first-order chi connectivity index (χ1) is 17.2. The molecule has 2 rings (SSSR count). The summed E-state index contributed by atoms with van der Waals surface area (Å²) < 4.78 is 11.3. The third kappa shape index (κ3) is 11.5. The van der Waals surface area contributed by atoms with E-state index in [0.717, 1.165) is 57.3 Å². The van der Waals surface area contributed by atoms with E-state index >= 15 is 0 Å². The molecule has 2 aromatic rings. The van der Waals surface area contributed by atoms with Crippen LogP contribution >= 0.6 is 0 Å². The Morgan fingerprint density at radius 3 is 2.09 bits per heavy atom. The van der Waals surface area contributed by atoms with Gasteiger partial charge in [-0.3, -0.25) is 0 Å². The highest BCUT2D eigenvalue weighted by Crippen LogP contribution is 2.22. The molecule has 35 heavy (non-hydrogen) atoms. The Balaban J connectivity index is 1.79. The Morgan fingerprint density at radius 1 is 0.829 bits per heavy atom. The monoisotopic (exact) mass is 482 g/mol. The Kier molecular flexibility index (Phi) is 14.4. The van der Waals surface area contributed by atoms with Crippen molar-refractivity contribution in [1.29, 1.82) is 0 Å². The van der Waals surface area contributed by atoms with Crippen molar-refractivity contribution >= 4 is 11.5 Å². The smallest absolute Gasteiger partial charge is 0.335 e. The molecule has 1 aromatic carbocycles. The zero-order valence-corrected chi connectivity index (χ0v) is 21.5. The first-order valence-electron chi connectivity index (χ1n) is 13.2. The highest BCUT2D eigenvalue weighted by atomic mass is 16.5. The lowest BCUT2D eigenvalue weighted by Gasteiger charge is -2.08. The van der Waals surface area contributed by atoms with Crippen molar-refractivity contribution in [3.05, 3.63) is 48.3 Å². The molecule has 0 saturated heterocycles. The molecular weight excluding hydrogens is 440 g/mol. The molecule has 0 radical (unpaired) electrons. The predicted molar refractivity (Wildman–Crippen MR) is 142 cm³/mol. The molecule has 0 aliphatic rings. The second kappa shape index (κ2) is 17.7. The lowest BCUT2D eigenvalue weighted by atomic mass is 10.0. The molecule has 0 bridgehead atoms. The number of hydrogen-bond donors (Lipinski definition) is 1. The number of aliphatic carboxylic acids is 1. The van der Waals surface area contributed by atoms with Crippen molar-refractivity contribution in [3.8, 4) is 17.1 Å². The maximum atomic E-state index is 11.7. The molecule has 1 heterocycles. The standard InChI is InChI=1S/C29H42N2O4/c1-3-5-7-8-9-10-14-27(29(32)33)24-15-17-25(18-16-24)28-30-22-26(23-31-28)35-21-13-12-20-34-19-11-6-4-2/h14-18,22-23H,3-13,19-21H2,1-2H3,(H,32,33). The van der Waals surface area contributed by atoms with Gasteiger partial charge in [0.05, 0.1) is 24.6 Å². The lowest BCUT2D eigenvalue weighted by Crippen LogP contribution is -2.02. The SMILES string of the molecule is CCCCCCCC=C(C(=O)O)c1ccc(-c2ncc(OCCCCOCCCCC)cn2)cc1. The fourth-order valence-corrected chi connectivity index (χ4v) is 3.71. The summed E-state index contributed by atoms with van der Waals surface area (Å²) in [6, 6.07) is 7.38. The van der Waals surface area contributed by atoms with Gasteiger partial charge in [0.2, 0.25) is 0 Å². The van der Waals surface area contributed by atoms with Gasteiger partial charge in [-0.05, 0) is 37.7 Å². The molecule has 0 aliphatic carbocycles. The van der Waals surface area contributed by atoms with E-state index in [1.165, 1.54) is 32.1 Å². The van der Waals surface area contributed by atoms with Crippen molar-refractivity contribution in [2.45, 2.75) is 84.5 Å². The fraction of sp³-hybridized carbons (Fsp3) is 0.552. The molecule has 192 valence electrons. The van der Waals surface area contributed by atoms with Gasteiger partial charge in [0.1, 0.15) is 0 Å². The van der Waals surface area contributed by atoms with E-state index in [-0.39, 0.29) is 0 Å². The summed E-state index contributed by atoms with van der Waals surface area (Å²) in [5, 5.41) is 9.63. The highest BCUT2D eigenvalue weighted by molar-refractivity contribution is 6.15. The third-order valence-electron chi connectivity index (χ3n) is 5.81. The molecule has 0 spiro atoms. The van der Waals surface area contributed by atoms with Crippen molar-refractivity contribution in [2.24, 2.45) is 0 Å². The summed E-state index contributed by atoms with van der Waals surface area (Å²) >= 11 is 0. The van der Waals surface area contributed by atoms with E-state index in [2.05, 4.69) is 23.8 Å². The topological polar surface area (TPSA) is 81.5 Å². The van der Waals surface area contributed by atoms with E-state index < -0.39 is 5.97 Å². The van der Waals surface area contributed by atoms with Gasteiger partial charge in [-0.25, -0.2) is 14.8 Å². The van der Waals surface area contributed by atoms with Gasteiger partial charge in [0, 0.05) is 18.8 Å². The molecule has 1 aromatic heterocycles. The number of ether oxygens (including phenoxy) is 2. The van der Waals surface area contributed by atoms with Crippen LogP contribution in [0.2, 0.25) is 0 Å². The second-order valence-corrected chi connectivity index (χ2v) is 8.82. The molecule has 6 heteroatoms. The van der Waals surface area contributed by atoms with Gasteiger partial charge in [0.15, 0.2) is 11.6 Å². The zero-order chi connectivity index (χ0) is 25.1. The number of nitrogens with zero attached hydrogens (tertiary/aromatic N) is 2. The number of carboxylic acid groups (broad SMARTS) is 1. The van der Waals surface area contributed by atoms with Gasteiger partial charge in [-0.2, -0.15) is 0 Å². The van der Waals surface area contributed by atoms with E-state index in [1.54, 1.807) is 12.4 Å². The summed E-state index contributed by atoms with van der Waals surface area (Å²) in [5.41, 5.74) is 1.89. The minimum atomic E-state index is -0.896. The van der Waals surface area contributed by atoms with Gasteiger partial charge >= 0.3 is 5.97 Å². The summed E-state index contributed by atoms with van der Waals surface area (Å²) in [4.78, 5) is 20.6. The average Bonchev–Trinajstić information content (AvgIpc) is 2.88. The van der Waals surface area contributed by atoms with Crippen LogP contribution in [0.5, 0.6) is 5.75 Å². The van der Waals surface area contributed by atoms with Crippen LogP contribution in [-0.2, 0) is 9.53 Å². The van der Waals surface area contributed by atoms with Crippen LogP contribution in [0, 0.1) is 0 Å². The molecule has 0 amide bonds. The highest BCUT2D eigenvalue weighted by Gasteiger charge is 2.11. The normalized spacial score (nSPS) is 11.5. The molecule has 1 N–H and O–H groups in total. The summed E-state index contributed by atoms with van der Waals surface area (Å²) in [7, 11) is 0. The van der Waals surface area contributed by atoms with E-state index in [4.69, 9.17) is 9.47 Å². The van der Waals surface area contributed by atoms with E-state index in [1.807, 2.05) is 30.3 Å². The van der Waals surface area contributed by atoms with Crippen molar-refractivity contribution in [3.63, 3.8) is 0 Å². The Bertz CT molecular complexity index is 863. The van der Waals surface area contributed by atoms with Crippen LogP contribution in [0.1, 0.15) is 90.0 Å². The summed E-state index contributed by atoms with van der Waals surface area (Å²) in [6.45, 7) is 6.61. The first kappa shape index (κ1) is 28.5. The number of allylic oxidation sites excluding steroid dienone is 1. The minimum absolute atomic E-state index is 0.350. The molecule has 0 saturated carbocycles. The number of rotatable bonds is 19. The van der Waals surface area contributed by atoms with Crippen LogP contribution in [0.25, 0.3) is 17.0 Å². The van der Waals surface area contributed by atoms with Gasteiger partial charge < -0.3 is 14.6 Å². The summed E-state index contributed by atoms with van der Waals surface area (Å²) in [5.74, 6) is 0.331. The average molecular weight is 483 g/mol. The summed E-state index contributed by atoms with van der Waals surface area (Å²) in [6.07, 6.45) is 17.3. The van der Waals surface area contributed by atoms with Crippen molar-refractivity contribution in [2.75, 3.05) is 19.8 Å². The second-order valence-electron chi connectivity index (χ2n) is 8.82. The maximum absolute atomic E-state index is 11.7. The predicted octanol–water partition coefficient (Wildman–Crippen LogP) is 7.34. The molecule has 0 fully saturated rings. The number of hydrogen-bond acceptors (Lipinski definition) is 5. The van der Waals surface area contributed by atoms with Crippen LogP contribution in [0.15, 0.2) is 42.7 Å². The Labute approximate surface area is 210 Å². The largest absolute Gasteiger partial charge is 0.490 e. The maximum Gasteiger partial charge on any atom is 0.335 e. The quantitative estimate of drug-likeness (QED) is 0.167. The number of unbranched alkanes of at least 4 members (excludes halogenated alkanes) is 8. The first-order valence-corrected chi connectivity index (χ1v) is 13.2. The molecule has 0 atom stereocenters. The lowest BCUT2D eigenvalue weighted by molar-refractivity contribution is -0.130. The van der Waals surface area contributed by atoms with Crippen LogP contribution in [0.3, 0.4) is 0 Å². The Morgan fingerprint density at radius 2 is 1.43 bits per heavy atom. The van der Waals surface area contributed by atoms with Crippen LogP contribution in [-0.4, -0.2) is 40.9 Å². The molecular formula is C29H42N2O4. The fourth-order valence-electron chi connectivity index (χ4n) is 3.71. The molecule has 0 aliphatic heterocycles. The van der Waals surface area contributed by atoms with Crippen LogP contribution in [0.4, 0.5) is 0 Å². The van der Waals surface area contributed by atoms with E-state index in [9.17, 15) is 9.90 Å². The number of benzene rings is 1. The molecule has 6 nitrogen and oxygen atoms in total. The number of carboxylic acids is 1. The van der Waals surface area contributed by atoms with Gasteiger partial charge in [-0.15, -0.1) is 0 Å². The van der Waals surface area contributed by atoms with Gasteiger partial charge in [-0.1, -0.05) is 82.7 Å². The van der Waals surface area contributed by atoms with Crippen LogP contribution < -0.4 is 4.74 Å².